The Hall–Kier alpha value is -1.27. The second-order valence-corrected chi connectivity index (χ2v) is 4.84. The Kier molecular flexibility index (Phi) is 4.55. The number of hydrogen-bond acceptors (Lipinski definition) is 2. The smallest absolute Gasteiger partial charge is 0.165 e. The summed E-state index contributed by atoms with van der Waals surface area (Å²) in [6, 6.07) is 4.61. The molecule has 0 radical (unpaired) electrons. The van der Waals surface area contributed by atoms with E-state index in [9.17, 15) is 13.2 Å². The lowest BCUT2D eigenvalue weighted by Crippen LogP contribution is -2.30. The first-order chi connectivity index (χ1) is 9.45. The summed E-state index contributed by atoms with van der Waals surface area (Å²) in [5.41, 5.74) is 2.39. The molecule has 0 aromatic heterocycles. The first-order valence-corrected chi connectivity index (χ1v) is 6.25. The highest BCUT2D eigenvalue weighted by Gasteiger charge is 2.24. The Morgan fingerprint density at radius 1 is 1.00 bits per heavy atom. The number of halogens is 5. The minimum absolute atomic E-state index is 0.0210. The van der Waals surface area contributed by atoms with Gasteiger partial charge < -0.3 is 0 Å². The highest BCUT2D eigenvalue weighted by atomic mass is 35.5. The molecule has 0 bridgehead atoms. The Morgan fingerprint density at radius 2 is 1.70 bits per heavy atom. The molecule has 7 heteroatoms. The maximum Gasteiger partial charge on any atom is 0.165 e. The van der Waals surface area contributed by atoms with Crippen molar-refractivity contribution in [1.29, 1.82) is 0 Å². The van der Waals surface area contributed by atoms with Crippen LogP contribution in [0.4, 0.5) is 13.2 Å². The van der Waals surface area contributed by atoms with Crippen molar-refractivity contribution in [2.24, 2.45) is 5.84 Å². The van der Waals surface area contributed by atoms with E-state index in [4.69, 9.17) is 29.0 Å². The van der Waals surface area contributed by atoms with Crippen molar-refractivity contribution in [3.63, 3.8) is 0 Å². The van der Waals surface area contributed by atoms with E-state index in [0.717, 1.165) is 18.2 Å². The van der Waals surface area contributed by atoms with E-state index < -0.39 is 23.5 Å². The van der Waals surface area contributed by atoms with Crippen LogP contribution < -0.4 is 11.3 Å². The Morgan fingerprint density at radius 3 is 2.30 bits per heavy atom. The van der Waals surface area contributed by atoms with Crippen LogP contribution in [0.3, 0.4) is 0 Å². The largest absolute Gasteiger partial charge is 0.271 e. The zero-order valence-corrected chi connectivity index (χ0v) is 11.4. The average molecular weight is 321 g/mol. The van der Waals surface area contributed by atoms with Crippen LogP contribution in [0.25, 0.3) is 0 Å². The van der Waals surface area contributed by atoms with Crippen molar-refractivity contribution in [3.8, 4) is 0 Å². The van der Waals surface area contributed by atoms with Gasteiger partial charge >= 0.3 is 0 Å². The maximum atomic E-state index is 13.9. The van der Waals surface area contributed by atoms with Gasteiger partial charge in [-0.05, 0) is 29.8 Å². The Labute approximate surface area is 123 Å². The summed E-state index contributed by atoms with van der Waals surface area (Å²) in [4.78, 5) is 0. The number of hydrazine groups is 1. The molecule has 0 heterocycles. The van der Waals surface area contributed by atoms with Crippen LogP contribution >= 0.6 is 23.2 Å². The first-order valence-electron chi connectivity index (χ1n) is 5.50. The molecule has 3 N–H and O–H groups in total. The third-order valence-corrected chi connectivity index (χ3v) is 3.47. The molecule has 106 valence electrons. The summed E-state index contributed by atoms with van der Waals surface area (Å²) < 4.78 is 40.3. The fourth-order valence-corrected chi connectivity index (χ4v) is 2.40. The summed E-state index contributed by atoms with van der Waals surface area (Å²) >= 11 is 11.8. The van der Waals surface area contributed by atoms with Crippen molar-refractivity contribution in [2.75, 3.05) is 0 Å². The van der Waals surface area contributed by atoms with Crippen LogP contribution in [-0.2, 0) is 0 Å². The quantitative estimate of drug-likeness (QED) is 0.510. The SMILES string of the molecule is NNC(c1ccc(F)cc1Cl)c1c(Cl)ccc(F)c1F. The first kappa shape index (κ1) is 15.1. The molecule has 0 aliphatic heterocycles. The molecular weight excluding hydrogens is 312 g/mol. The minimum atomic E-state index is -1.14. The van der Waals surface area contributed by atoms with Gasteiger partial charge in [0.15, 0.2) is 11.6 Å². The number of nitrogens with two attached hydrogens (primary N) is 1. The number of hydrogen-bond donors (Lipinski definition) is 2. The molecule has 20 heavy (non-hydrogen) atoms. The van der Waals surface area contributed by atoms with Gasteiger partial charge in [-0.3, -0.25) is 5.84 Å². The van der Waals surface area contributed by atoms with Crippen LogP contribution in [0.2, 0.25) is 10.0 Å². The van der Waals surface area contributed by atoms with Crippen molar-refractivity contribution in [3.05, 3.63) is 69.0 Å². The summed E-state index contributed by atoms with van der Waals surface area (Å²) in [5, 5.41) is -0.0000745. The third kappa shape index (κ3) is 2.76. The predicted molar refractivity (Wildman–Crippen MR) is 71.9 cm³/mol. The zero-order chi connectivity index (χ0) is 14.9. The van der Waals surface area contributed by atoms with Gasteiger partial charge in [0.1, 0.15) is 5.82 Å². The lowest BCUT2D eigenvalue weighted by molar-refractivity contribution is 0.483. The molecule has 0 aliphatic carbocycles. The van der Waals surface area contributed by atoms with Gasteiger partial charge in [-0.15, -0.1) is 0 Å². The highest BCUT2D eigenvalue weighted by Crippen LogP contribution is 2.34. The van der Waals surface area contributed by atoms with Crippen LogP contribution in [0.15, 0.2) is 30.3 Å². The van der Waals surface area contributed by atoms with Gasteiger partial charge in [0.05, 0.1) is 6.04 Å². The molecular formula is C13H9Cl2F3N2. The number of nitrogens with one attached hydrogen (secondary N) is 1. The van der Waals surface area contributed by atoms with E-state index in [0.29, 0.717) is 0 Å². The van der Waals surface area contributed by atoms with Crippen molar-refractivity contribution >= 4 is 23.2 Å². The summed E-state index contributed by atoms with van der Waals surface area (Å²) in [7, 11) is 0. The second-order valence-electron chi connectivity index (χ2n) is 4.02. The predicted octanol–water partition coefficient (Wildman–Crippen LogP) is 3.96. The molecule has 0 saturated carbocycles. The summed E-state index contributed by atoms with van der Waals surface area (Å²) in [6.45, 7) is 0. The normalized spacial score (nSPS) is 12.5. The van der Waals surface area contributed by atoms with Crippen molar-refractivity contribution in [2.45, 2.75) is 6.04 Å². The standard InChI is InChI=1S/C13H9Cl2F3N2/c14-8-3-4-10(17)12(18)11(8)13(20-19)7-2-1-6(16)5-9(7)15/h1-5,13,20H,19H2. The van der Waals surface area contributed by atoms with Gasteiger partial charge in [0.2, 0.25) is 0 Å². The van der Waals surface area contributed by atoms with E-state index in [-0.39, 0.29) is 21.2 Å². The Bertz CT molecular complexity index is 650. The van der Waals surface area contributed by atoms with Gasteiger partial charge in [-0.2, -0.15) is 0 Å². The molecule has 1 unspecified atom stereocenters. The van der Waals surface area contributed by atoms with E-state index in [2.05, 4.69) is 5.43 Å². The molecule has 1 atom stereocenters. The third-order valence-electron chi connectivity index (χ3n) is 2.81. The van der Waals surface area contributed by atoms with Crippen molar-refractivity contribution in [1.82, 2.24) is 5.43 Å². The molecule has 2 aromatic carbocycles. The minimum Gasteiger partial charge on any atom is -0.271 e. The van der Waals surface area contributed by atoms with Crippen LogP contribution in [0.5, 0.6) is 0 Å². The van der Waals surface area contributed by atoms with E-state index in [1.807, 2.05) is 0 Å². The molecule has 2 aromatic rings. The average Bonchev–Trinajstić information content (AvgIpc) is 2.40. The number of benzene rings is 2. The van der Waals surface area contributed by atoms with Gasteiger partial charge in [-0.1, -0.05) is 29.3 Å². The molecule has 0 saturated heterocycles. The van der Waals surface area contributed by atoms with E-state index >= 15 is 0 Å². The van der Waals surface area contributed by atoms with Crippen LogP contribution in [0, 0.1) is 17.5 Å². The molecule has 2 rings (SSSR count). The molecule has 0 fully saturated rings. The summed E-state index contributed by atoms with van der Waals surface area (Å²) in [6.07, 6.45) is 0. The van der Waals surface area contributed by atoms with Gasteiger partial charge in [0.25, 0.3) is 0 Å². The molecule has 2 nitrogen and oxygen atoms in total. The lowest BCUT2D eigenvalue weighted by Gasteiger charge is -2.20. The fraction of sp³-hybridized carbons (Fsp3) is 0.0769. The maximum absolute atomic E-state index is 13.9. The number of rotatable bonds is 3. The Balaban J connectivity index is 2.61. The zero-order valence-electron chi connectivity index (χ0n) is 9.93. The summed E-state index contributed by atoms with van der Waals surface area (Å²) in [5.74, 6) is 2.62. The highest BCUT2D eigenvalue weighted by molar-refractivity contribution is 6.32. The van der Waals surface area contributed by atoms with Crippen molar-refractivity contribution < 1.29 is 13.2 Å². The lowest BCUT2D eigenvalue weighted by atomic mass is 9.98. The van der Waals surface area contributed by atoms with Crippen LogP contribution in [0.1, 0.15) is 17.2 Å². The molecule has 0 amide bonds. The van der Waals surface area contributed by atoms with Gasteiger partial charge in [0, 0.05) is 15.6 Å². The molecule has 0 aliphatic rings. The molecule has 0 spiro atoms. The monoisotopic (exact) mass is 320 g/mol. The van der Waals surface area contributed by atoms with Crippen LogP contribution in [-0.4, -0.2) is 0 Å². The van der Waals surface area contributed by atoms with Gasteiger partial charge in [-0.25, -0.2) is 18.6 Å². The van der Waals surface area contributed by atoms with E-state index in [1.165, 1.54) is 12.1 Å². The van der Waals surface area contributed by atoms with E-state index in [1.54, 1.807) is 0 Å². The second kappa shape index (κ2) is 6.01. The fourth-order valence-electron chi connectivity index (χ4n) is 1.87. The topological polar surface area (TPSA) is 38.0 Å².